The van der Waals surface area contributed by atoms with E-state index in [1.807, 2.05) is 39.0 Å². The predicted molar refractivity (Wildman–Crippen MR) is 115 cm³/mol. The van der Waals surface area contributed by atoms with Gasteiger partial charge in [-0.25, -0.2) is 23.1 Å². The lowest BCUT2D eigenvalue weighted by molar-refractivity contribution is -0.125. The van der Waals surface area contributed by atoms with Gasteiger partial charge in [-0.05, 0) is 36.5 Å². The number of carbonyl (C=O) groups is 1. The molecule has 7 nitrogen and oxygen atoms in total. The number of nitrogens with one attached hydrogen (secondary N) is 1. The second-order valence-corrected chi connectivity index (χ2v) is 10.8. The maximum absolute atomic E-state index is 12.5. The number of hydrogen-bond donors (Lipinski definition) is 1. The van der Waals surface area contributed by atoms with Gasteiger partial charge in [0, 0.05) is 36.9 Å². The van der Waals surface area contributed by atoms with E-state index in [2.05, 4.69) is 19.6 Å². The SMILES string of the molecule is CC(C)(C)C(=O)Cc1ccc2ncnc(N3CCCC(CNS(C)(=O)=O)C3)c2c1. The molecule has 1 unspecified atom stereocenters. The van der Waals surface area contributed by atoms with Crippen LogP contribution in [-0.2, 0) is 21.2 Å². The van der Waals surface area contributed by atoms with Crippen LogP contribution in [0.2, 0.25) is 0 Å². The highest BCUT2D eigenvalue weighted by atomic mass is 32.2. The minimum Gasteiger partial charge on any atom is -0.356 e. The Morgan fingerprint density at radius 1 is 1.28 bits per heavy atom. The zero-order valence-electron chi connectivity index (χ0n) is 17.6. The number of piperidine rings is 1. The summed E-state index contributed by atoms with van der Waals surface area (Å²) in [6.45, 7) is 7.84. The van der Waals surface area contributed by atoms with Crippen molar-refractivity contribution in [3.63, 3.8) is 0 Å². The highest BCUT2D eigenvalue weighted by Gasteiger charge is 2.24. The summed E-state index contributed by atoms with van der Waals surface area (Å²) in [7, 11) is -3.20. The van der Waals surface area contributed by atoms with Crippen LogP contribution >= 0.6 is 0 Å². The van der Waals surface area contributed by atoms with Crippen LogP contribution in [-0.4, -0.2) is 50.1 Å². The fourth-order valence-electron chi connectivity index (χ4n) is 3.60. The number of anilines is 1. The van der Waals surface area contributed by atoms with Gasteiger partial charge in [0.25, 0.3) is 0 Å². The van der Waals surface area contributed by atoms with Gasteiger partial charge in [-0.2, -0.15) is 0 Å². The number of benzene rings is 1. The summed E-state index contributed by atoms with van der Waals surface area (Å²) < 4.78 is 25.5. The highest BCUT2D eigenvalue weighted by Crippen LogP contribution is 2.29. The Morgan fingerprint density at radius 2 is 2.03 bits per heavy atom. The normalized spacial score (nSPS) is 18.2. The summed E-state index contributed by atoms with van der Waals surface area (Å²) in [4.78, 5) is 23.6. The molecule has 1 aliphatic heterocycles. The summed E-state index contributed by atoms with van der Waals surface area (Å²) in [5.74, 6) is 1.28. The molecule has 1 fully saturated rings. The van der Waals surface area contributed by atoms with Crippen LogP contribution in [0.5, 0.6) is 0 Å². The average molecular weight is 419 g/mol. The third-order valence-electron chi connectivity index (χ3n) is 5.33. The smallest absolute Gasteiger partial charge is 0.208 e. The first-order chi connectivity index (χ1) is 13.5. The molecule has 0 aliphatic carbocycles. The molecule has 1 aliphatic rings. The largest absolute Gasteiger partial charge is 0.356 e. The number of fused-ring (bicyclic) bond motifs is 1. The Bertz CT molecular complexity index is 999. The first-order valence-electron chi connectivity index (χ1n) is 9.99. The van der Waals surface area contributed by atoms with Gasteiger partial charge < -0.3 is 4.90 Å². The lowest BCUT2D eigenvalue weighted by Gasteiger charge is -2.34. The summed E-state index contributed by atoms with van der Waals surface area (Å²) in [6, 6.07) is 5.92. The van der Waals surface area contributed by atoms with Crippen molar-refractivity contribution < 1.29 is 13.2 Å². The van der Waals surface area contributed by atoms with Crippen LogP contribution < -0.4 is 9.62 Å². The van der Waals surface area contributed by atoms with E-state index in [0.29, 0.717) is 13.0 Å². The monoisotopic (exact) mass is 418 g/mol. The zero-order chi connectivity index (χ0) is 21.2. The Balaban J connectivity index is 1.84. The zero-order valence-corrected chi connectivity index (χ0v) is 18.4. The summed E-state index contributed by atoms with van der Waals surface area (Å²) in [5, 5.41) is 0.934. The van der Waals surface area contributed by atoms with Crippen LogP contribution in [0.4, 0.5) is 5.82 Å². The number of Topliss-reactive ketones (excluding diaryl/α,β-unsaturated/α-hetero) is 1. The van der Waals surface area contributed by atoms with Crippen molar-refractivity contribution in [2.24, 2.45) is 11.3 Å². The van der Waals surface area contributed by atoms with Crippen molar-refractivity contribution in [1.82, 2.24) is 14.7 Å². The Morgan fingerprint density at radius 3 is 2.72 bits per heavy atom. The fourth-order valence-corrected chi connectivity index (χ4v) is 4.13. The number of nitrogens with zero attached hydrogens (tertiary/aromatic N) is 3. The van der Waals surface area contributed by atoms with Crippen molar-refractivity contribution in [3.8, 4) is 0 Å². The van der Waals surface area contributed by atoms with Gasteiger partial charge in [-0.1, -0.05) is 26.8 Å². The van der Waals surface area contributed by atoms with Gasteiger partial charge in [-0.15, -0.1) is 0 Å². The predicted octanol–water partition coefficient (Wildman–Crippen LogP) is 2.55. The minimum absolute atomic E-state index is 0.195. The van der Waals surface area contributed by atoms with Crippen molar-refractivity contribution in [2.45, 2.75) is 40.0 Å². The molecule has 2 aromatic rings. The second kappa shape index (κ2) is 8.36. The molecule has 8 heteroatoms. The molecule has 29 heavy (non-hydrogen) atoms. The third-order valence-corrected chi connectivity index (χ3v) is 6.02. The molecule has 0 radical (unpaired) electrons. The fraction of sp³-hybridized carbons (Fsp3) is 0.571. The van der Waals surface area contributed by atoms with Crippen molar-refractivity contribution >= 4 is 32.5 Å². The van der Waals surface area contributed by atoms with Gasteiger partial charge in [0.05, 0.1) is 11.8 Å². The first-order valence-corrected chi connectivity index (χ1v) is 11.9. The molecule has 0 saturated carbocycles. The molecule has 158 valence electrons. The maximum Gasteiger partial charge on any atom is 0.208 e. The third kappa shape index (κ3) is 5.73. The molecule has 1 aromatic heterocycles. The molecule has 1 aromatic carbocycles. The Kier molecular flexibility index (Phi) is 6.24. The van der Waals surface area contributed by atoms with E-state index in [1.54, 1.807) is 6.33 Å². The molecule has 1 N–H and O–H groups in total. The number of ketones is 1. The number of sulfonamides is 1. The van der Waals surface area contributed by atoms with E-state index in [0.717, 1.165) is 48.2 Å². The Labute approximate surface area is 173 Å². The number of carbonyl (C=O) groups excluding carboxylic acids is 1. The lowest BCUT2D eigenvalue weighted by Crippen LogP contribution is -2.41. The number of rotatable bonds is 6. The minimum atomic E-state index is -3.20. The Hall–Kier alpha value is -2.06. The number of aromatic nitrogens is 2. The van der Waals surface area contributed by atoms with Gasteiger partial charge in [0.1, 0.15) is 17.9 Å². The molecule has 0 spiro atoms. The van der Waals surface area contributed by atoms with Crippen LogP contribution in [0.25, 0.3) is 10.9 Å². The van der Waals surface area contributed by atoms with E-state index in [-0.39, 0.29) is 17.1 Å². The van der Waals surface area contributed by atoms with Crippen molar-refractivity contribution in [1.29, 1.82) is 0 Å². The van der Waals surface area contributed by atoms with Crippen molar-refractivity contribution in [2.75, 3.05) is 30.8 Å². The van der Waals surface area contributed by atoms with Crippen molar-refractivity contribution in [3.05, 3.63) is 30.1 Å². The summed E-state index contributed by atoms with van der Waals surface area (Å²) in [6.07, 6.45) is 5.09. The molecule has 1 saturated heterocycles. The summed E-state index contributed by atoms with van der Waals surface area (Å²) in [5.41, 5.74) is 1.43. The molecule has 0 amide bonds. The van der Waals surface area contributed by atoms with Crippen LogP contribution in [0.15, 0.2) is 24.5 Å². The van der Waals surface area contributed by atoms with Crippen LogP contribution in [0, 0.1) is 11.3 Å². The first kappa shape index (κ1) is 21.6. The topological polar surface area (TPSA) is 92.3 Å². The second-order valence-electron chi connectivity index (χ2n) is 8.97. The average Bonchev–Trinajstić information content (AvgIpc) is 2.65. The maximum atomic E-state index is 12.5. The molecule has 3 rings (SSSR count). The van der Waals surface area contributed by atoms with Gasteiger partial charge in [0.15, 0.2) is 0 Å². The van der Waals surface area contributed by atoms with E-state index < -0.39 is 10.0 Å². The van der Waals surface area contributed by atoms with E-state index in [4.69, 9.17) is 0 Å². The van der Waals surface area contributed by atoms with Gasteiger partial charge in [0.2, 0.25) is 10.0 Å². The number of hydrogen-bond acceptors (Lipinski definition) is 6. The highest BCUT2D eigenvalue weighted by molar-refractivity contribution is 7.88. The van der Waals surface area contributed by atoms with E-state index >= 15 is 0 Å². The molecule has 0 bridgehead atoms. The molecule has 2 heterocycles. The van der Waals surface area contributed by atoms with E-state index in [9.17, 15) is 13.2 Å². The lowest BCUT2D eigenvalue weighted by atomic mass is 9.87. The van der Waals surface area contributed by atoms with Crippen LogP contribution in [0.3, 0.4) is 0 Å². The molecule has 1 atom stereocenters. The molecular weight excluding hydrogens is 388 g/mol. The molecular formula is C21H30N4O3S. The summed E-state index contributed by atoms with van der Waals surface area (Å²) >= 11 is 0. The van der Waals surface area contributed by atoms with E-state index in [1.165, 1.54) is 6.26 Å². The van der Waals surface area contributed by atoms with Gasteiger partial charge >= 0.3 is 0 Å². The van der Waals surface area contributed by atoms with Crippen LogP contribution in [0.1, 0.15) is 39.2 Å². The standard InChI is InChI=1S/C21H30N4O3S/c1-21(2,3)19(26)11-15-7-8-18-17(10-15)20(23-14-22-18)25-9-5-6-16(13-25)12-24-29(4,27)28/h7-8,10,14,16,24H,5-6,9,11-13H2,1-4H3. The van der Waals surface area contributed by atoms with Gasteiger partial charge in [-0.3, -0.25) is 4.79 Å². The quantitative estimate of drug-likeness (QED) is 0.775.